The highest BCUT2D eigenvalue weighted by atomic mass is 19.1. The van der Waals surface area contributed by atoms with Gasteiger partial charge in [0.2, 0.25) is 0 Å². The predicted octanol–water partition coefficient (Wildman–Crippen LogP) is 6.03. The Morgan fingerprint density at radius 3 is 2.45 bits per heavy atom. The molecule has 0 radical (unpaired) electrons. The van der Waals surface area contributed by atoms with Crippen molar-refractivity contribution in [3.63, 3.8) is 0 Å². The number of carbonyl (C=O) groups is 3. The molecule has 3 aromatic rings. The molecule has 5 amide bonds. The molecule has 2 heterocycles. The number of likely N-dealkylation sites (N-methyl/N-ethyl adjacent to an activating group) is 1. The summed E-state index contributed by atoms with van der Waals surface area (Å²) >= 11 is 0. The fraction of sp³-hybridized carbons (Fsp3) is 0.486. The Labute approximate surface area is 286 Å². The quantitative estimate of drug-likeness (QED) is 0.235. The first-order valence-electron chi connectivity index (χ1n) is 16.5. The number of amides is 5. The molecule has 14 heteroatoms. The zero-order valence-electron chi connectivity index (χ0n) is 28.9. The van der Waals surface area contributed by atoms with Gasteiger partial charge in [-0.25, -0.2) is 14.0 Å². The van der Waals surface area contributed by atoms with Crippen molar-refractivity contribution in [3.8, 4) is 5.75 Å². The van der Waals surface area contributed by atoms with Crippen LogP contribution in [-0.4, -0.2) is 89.6 Å². The number of nitrogens with zero attached hydrogens (tertiary/aromatic N) is 3. The zero-order valence-corrected chi connectivity index (χ0v) is 28.9. The van der Waals surface area contributed by atoms with E-state index in [0.29, 0.717) is 47.3 Å². The molecule has 49 heavy (non-hydrogen) atoms. The Morgan fingerprint density at radius 2 is 1.78 bits per heavy atom. The Balaban J connectivity index is 1.58. The van der Waals surface area contributed by atoms with Crippen LogP contribution in [0.3, 0.4) is 0 Å². The van der Waals surface area contributed by atoms with Gasteiger partial charge in [0.25, 0.3) is 5.91 Å². The minimum absolute atomic E-state index is 0.197. The van der Waals surface area contributed by atoms with Gasteiger partial charge in [-0.3, -0.25) is 4.79 Å². The minimum atomic E-state index is -0.578. The number of urea groups is 2. The van der Waals surface area contributed by atoms with Gasteiger partial charge in [-0.2, -0.15) is 0 Å². The maximum atomic E-state index is 14.3. The van der Waals surface area contributed by atoms with Crippen LogP contribution in [0.2, 0.25) is 0 Å². The van der Waals surface area contributed by atoms with Crippen molar-refractivity contribution in [2.24, 2.45) is 5.92 Å². The van der Waals surface area contributed by atoms with Crippen molar-refractivity contribution in [2.75, 3.05) is 49.3 Å². The molecule has 2 aromatic carbocycles. The van der Waals surface area contributed by atoms with E-state index in [1.165, 1.54) is 29.2 Å². The Bertz CT molecular complexity index is 1560. The highest BCUT2D eigenvalue weighted by Crippen LogP contribution is 2.29. The van der Waals surface area contributed by atoms with Crippen molar-refractivity contribution in [1.29, 1.82) is 0 Å². The second-order valence-corrected chi connectivity index (χ2v) is 12.6. The van der Waals surface area contributed by atoms with Crippen molar-refractivity contribution in [2.45, 2.75) is 72.1 Å². The van der Waals surface area contributed by atoms with Crippen LogP contribution >= 0.6 is 0 Å². The average molecular weight is 683 g/mol. The molecule has 0 spiro atoms. The first kappa shape index (κ1) is 37.1. The molecule has 1 aliphatic rings. The second-order valence-electron chi connectivity index (χ2n) is 12.6. The maximum Gasteiger partial charge on any atom is 0.323 e. The lowest BCUT2D eigenvalue weighted by molar-refractivity contribution is -0.0115. The molecule has 4 N–H and O–H groups in total. The maximum absolute atomic E-state index is 14.3. The van der Waals surface area contributed by atoms with Crippen LogP contribution in [0.5, 0.6) is 5.75 Å². The van der Waals surface area contributed by atoms with Crippen molar-refractivity contribution in [1.82, 2.24) is 15.0 Å². The number of fused-ring (bicyclic) bond motifs is 1. The zero-order chi connectivity index (χ0) is 35.7. The van der Waals surface area contributed by atoms with E-state index in [1.54, 1.807) is 50.9 Å². The van der Waals surface area contributed by atoms with Crippen LogP contribution < -0.4 is 20.7 Å². The van der Waals surface area contributed by atoms with Gasteiger partial charge in [0.1, 0.15) is 22.9 Å². The van der Waals surface area contributed by atoms with Crippen molar-refractivity contribution in [3.05, 3.63) is 65.3 Å². The van der Waals surface area contributed by atoms with Crippen LogP contribution in [0.25, 0.3) is 0 Å². The van der Waals surface area contributed by atoms with E-state index >= 15 is 0 Å². The van der Waals surface area contributed by atoms with Crippen LogP contribution in [0.15, 0.2) is 47.0 Å². The van der Waals surface area contributed by atoms with Gasteiger partial charge in [0.05, 0.1) is 30.4 Å². The summed E-state index contributed by atoms with van der Waals surface area (Å²) in [5.41, 5.74) is 2.03. The summed E-state index contributed by atoms with van der Waals surface area (Å²) in [7, 11) is 1.67. The lowest BCUT2D eigenvalue weighted by Gasteiger charge is -2.35. The highest BCUT2D eigenvalue weighted by Gasteiger charge is 2.31. The molecule has 4 atom stereocenters. The topological polar surface area (TPSA) is 158 Å². The first-order chi connectivity index (χ1) is 23.4. The average Bonchev–Trinajstić information content (AvgIpc) is 3.39. The molecule has 266 valence electrons. The number of nitrogens with one attached hydrogen (secondary N) is 3. The number of aliphatic hydroxyl groups excluding tert-OH is 1. The number of aliphatic hydroxyl groups is 1. The number of aryl methyl sites for hydroxylation is 2. The summed E-state index contributed by atoms with van der Waals surface area (Å²) < 4.78 is 31.1. The van der Waals surface area contributed by atoms with Gasteiger partial charge in [0, 0.05) is 44.0 Å². The third kappa shape index (κ3) is 10.2. The fourth-order valence-electron chi connectivity index (χ4n) is 5.51. The molecule has 0 aliphatic carbocycles. The Kier molecular flexibility index (Phi) is 13.0. The molecule has 0 saturated heterocycles. The third-order valence-electron chi connectivity index (χ3n) is 8.48. The van der Waals surface area contributed by atoms with Crippen molar-refractivity contribution >= 4 is 35.0 Å². The van der Waals surface area contributed by atoms with Gasteiger partial charge in [0.15, 0.2) is 5.76 Å². The fourth-order valence-corrected chi connectivity index (χ4v) is 5.51. The summed E-state index contributed by atoms with van der Waals surface area (Å²) in [4.78, 5) is 43.4. The normalized spacial score (nSPS) is 19.6. The van der Waals surface area contributed by atoms with Gasteiger partial charge in [-0.05, 0) is 89.4 Å². The molecule has 0 unspecified atom stereocenters. The highest BCUT2D eigenvalue weighted by molar-refractivity contribution is 6.02. The molecule has 0 saturated carbocycles. The monoisotopic (exact) mass is 682 g/mol. The molecular weight excluding hydrogens is 635 g/mol. The van der Waals surface area contributed by atoms with Gasteiger partial charge in [-0.1, -0.05) is 12.1 Å². The number of rotatable bonds is 7. The van der Waals surface area contributed by atoms with Crippen LogP contribution in [0.4, 0.5) is 31.0 Å². The number of ether oxygens (including phenoxy) is 2. The second kappa shape index (κ2) is 17.1. The van der Waals surface area contributed by atoms with E-state index in [0.717, 1.165) is 12.8 Å². The summed E-state index contributed by atoms with van der Waals surface area (Å²) in [6.07, 6.45) is 1.60. The third-order valence-corrected chi connectivity index (χ3v) is 8.48. The molecule has 4 rings (SSSR count). The van der Waals surface area contributed by atoms with E-state index < -0.39 is 29.9 Å². The number of hydrogen-bond donors (Lipinski definition) is 4. The van der Waals surface area contributed by atoms with Crippen molar-refractivity contribution < 1.29 is 37.9 Å². The van der Waals surface area contributed by atoms with E-state index in [2.05, 4.69) is 21.1 Å². The Hall–Kier alpha value is -4.69. The van der Waals surface area contributed by atoms with Crippen LogP contribution in [-0.2, 0) is 4.74 Å². The Morgan fingerprint density at radius 1 is 1.08 bits per heavy atom. The molecule has 0 fully saturated rings. The van der Waals surface area contributed by atoms with E-state index in [-0.39, 0.29) is 43.3 Å². The lowest BCUT2D eigenvalue weighted by Crippen LogP contribution is -2.48. The SMILES string of the molecule is Cc1noc(C)c1NC(=O)N(C)C[C@@H]1OCCCC[C@@H](C)Oc2ccc(NC(=O)Nc3ccc(F)cc3)cc2C(=O)N([C@@H](C)CO)C[C@H]1C. The first-order valence-corrected chi connectivity index (χ1v) is 16.5. The molecule has 13 nitrogen and oxygen atoms in total. The van der Waals surface area contributed by atoms with E-state index in [9.17, 15) is 23.9 Å². The molecule has 0 bridgehead atoms. The smallest absolute Gasteiger partial charge is 0.323 e. The van der Waals surface area contributed by atoms with Crippen LogP contribution in [0, 0.1) is 25.6 Å². The standard InChI is InChI=1S/C35H47FN6O7/c1-21-18-42(22(2)20-43)33(44)29-17-28(38-34(45)37-27-12-10-26(36)11-13-27)14-15-30(29)48-23(3)9-7-8-16-47-31(21)19-41(6)35(46)39-32-24(4)40-49-25(32)5/h10-15,17,21-23,31,43H,7-9,16,18-20H2,1-6H3,(H,39,46)(H2,37,38,45)/t21-,22+,23-,31+/m1/s1. The summed E-state index contributed by atoms with van der Waals surface area (Å²) in [6.45, 7) is 9.67. The lowest BCUT2D eigenvalue weighted by atomic mass is 10.0. The number of halogens is 1. The van der Waals surface area contributed by atoms with Crippen LogP contribution in [0.1, 0.15) is 61.8 Å². The summed E-state index contributed by atoms with van der Waals surface area (Å²) in [6, 6.07) is 8.67. The molecule has 1 aliphatic heterocycles. The van der Waals surface area contributed by atoms with E-state index in [4.69, 9.17) is 14.0 Å². The number of aromatic nitrogens is 1. The number of anilines is 3. The minimum Gasteiger partial charge on any atom is -0.490 e. The van der Waals surface area contributed by atoms with Gasteiger partial charge in [-0.15, -0.1) is 0 Å². The van der Waals surface area contributed by atoms with Gasteiger partial charge < -0.3 is 44.9 Å². The summed E-state index contributed by atoms with van der Waals surface area (Å²) in [5, 5.41) is 22.3. The number of carbonyl (C=O) groups excluding carboxylic acids is 3. The molecule has 1 aromatic heterocycles. The summed E-state index contributed by atoms with van der Waals surface area (Å²) in [5.74, 6) is -0.242. The predicted molar refractivity (Wildman–Crippen MR) is 184 cm³/mol. The number of benzene rings is 2. The largest absolute Gasteiger partial charge is 0.490 e. The van der Waals surface area contributed by atoms with E-state index in [1.807, 2.05) is 13.8 Å². The van der Waals surface area contributed by atoms with Gasteiger partial charge >= 0.3 is 12.1 Å². The molecular formula is C35H47FN6O7. The number of hydrogen-bond acceptors (Lipinski definition) is 8.